The van der Waals surface area contributed by atoms with E-state index in [2.05, 4.69) is 26.0 Å². The molecule has 0 amide bonds. The number of carbonyl (C=O) groups excluding carboxylic acids is 1. The summed E-state index contributed by atoms with van der Waals surface area (Å²) in [4.78, 5) is 12.1. The van der Waals surface area contributed by atoms with Crippen molar-refractivity contribution in [1.82, 2.24) is 0 Å². The van der Waals surface area contributed by atoms with Crippen molar-refractivity contribution >= 4 is 11.5 Å². The van der Waals surface area contributed by atoms with Gasteiger partial charge in [-0.05, 0) is 30.6 Å². The lowest BCUT2D eigenvalue weighted by Gasteiger charge is -2.12. The molecule has 1 aromatic carbocycles. The SMILES string of the molecule is COC(=O)C(C=C(C)C)C1=C(c2ccccc2)C1(C)C. The van der Waals surface area contributed by atoms with E-state index in [0.29, 0.717) is 0 Å². The molecule has 1 atom stereocenters. The van der Waals surface area contributed by atoms with E-state index in [1.54, 1.807) is 0 Å². The van der Waals surface area contributed by atoms with Crippen LogP contribution in [0.3, 0.4) is 0 Å². The van der Waals surface area contributed by atoms with Crippen LogP contribution in [-0.4, -0.2) is 13.1 Å². The van der Waals surface area contributed by atoms with Crippen LogP contribution in [0.4, 0.5) is 0 Å². The molecule has 2 rings (SSSR count). The van der Waals surface area contributed by atoms with Gasteiger partial charge in [-0.2, -0.15) is 0 Å². The second-order valence-electron chi connectivity index (χ2n) is 6.02. The van der Waals surface area contributed by atoms with Gasteiger partial charge in [-0.15, -0.1) is 0 Å². The average molecular weight is 270 g/mol. The molecule has 1 aromatic rings. The Morgan fingerprint density at radius 3 is 2.30 bits per heavy atom. The van der Waals surface area contributed by atoms with E-state index in [9.17, 15) is 4.79 Å². The van der Waals surface area contributed by atoms with Crippen LogP contribution in [0, 0.1) is 11.3 Å². The Labute approximate surface area is 121 Å². The number of allylic oxidation sites excluding steroid dienone is 2. The van der Waals surface area contributed by atoms with Crippen molar-refractivity contribution in [3.63, 3.8) is 0 Å². The zero-order chi connectivity index (χ0) is 14.9. The van der Waals surface area contributed by atoms with Crippen molar-refractivity contribution in [1.29, 1.82) is 0 Å². The summed E-state index contributed by atoms with van der Waals surface area (Å²) >= 11 is 0. The predicted octanol–water partition coefficient (Wildman–Crippen LogP) is 4.24. The fraction of sp³-hybridized carbons (Fsp3) is 0.389. The van der Waals surface area contributed by atoms with Crippen molar-refractivity contribution in [3.05, 3.63) is 53.1 Å². The van der Waals surface area contributed by atoms with E-state index in [1.165, 1.54) is 23.8 Å². The van der Waals surface area contributed by atoms with Crippen molar-refractivity contribution in [2.75, 3.05) is 7.11 Å². The van der Waals surface area contributed by atoms with Gasteiger partial charge in [-0.3, -0.25) is 4.79 Å². The van der Waals surface area contributed by atoms with Crippen LogP contribution in [0.15, 0.2) is 47.6 Å². The summed E-state index contributed by atoms with van der Waals surface area (Å²) in [7, 11) is 1.45. The topological polar surface area (TPSA) is 26.3 Å². The second-order valence-corrected chi connectivity index (χ2v) is 6.02. The fourth-order valence-corrected chi connectivity index (χ4v) is 2.89. The Balaban J connectivity index is 2.45. The third-order valence-corrected chi connectivity index (χ3v) is 3.83. The van der Waals surface area contributed by atoms with Gasteiger partial charge in [0.05, 0.1) is 13.0 Å². The Morgan fingerprint density at radius 2 is 1.80 bits per heavy atom. The molecule has 0 fully saturated rings. The molecule has 1 aliphatic rings. The highest BCUT2D eigenvalue weighted by Crippen LogP contribution is 2.61. The summed E-state index contributed by atoms with van der Waals surface area (Å²) < 4.78 is 4.97. The molecule has 0 saturated heterocycles. The highest BCUT2D eigenvalue weighted by molar-refractivity contribution is 5.96. The smallest absolute Gasteiger partial charge is 0.316 e. The van der Waals surface area contributed by atoms with Gasteiger partial charge in [0, 0.05) is 5.41 Å². The van der Waals surface area contributed by atoms with Gasteiger partial charge in [0.2, 0.25) is 0 Å². The van der Waals surface area contributed by atoms with Crippen molar-refractivity contribution in [2.45, 2.75) is 27.7 Å². The van der Waals surface area contributed by atoms with Crippen LogP contribution in [-0.2, 0) is 9.53 Å². The lowest BCUT2D eigenvalue weighted by Crippen LogP contribution is -2.16. The largest absolute Gasteiger partial charge is 0.468 e. The molecule has 106 valence electrons. The number of carbonyl (C=O) groups is 1. The van der Waals surface area contributed by atoms with Gasteiger partial charge >= 0.3 is 5.97 Å². The maximum Gasteiger partial charge on any atom is 0.316 e. The highest BCUT2D eigenvalue weighted by atomic mass is 16.5. The molecule has 0 bridgehead atoms. The quantitative estimate of drug-likeness (QED) is 0.604. The molecule has 20 heavy (non-hydrogen) atoms. The number of benzene rings is 1. The molecule has 0 aliphatic heterocycles. The van der Waals surface area contributed by atoms with Gasteiger partial charge in [0.25, 0.3) is 0 Å². The summed E-state index contributed by atoms with van der Waals surface area (Å²) in [6, 6.07) is 10.3. The van der Waals surface area contributed by atoms with E-state index < -0.39 is 0 Å². The number of methoxy groups -OCH3 is 1. The molecule has 0 heterocycles. The van der Waals surface area contributed by atoms with Crippen molar-refractivity contribution < 1.29 is 9.53 Å². The van der Waals surface area contributed by atoms with E-state index in [1.807, 2.05) is 38.1 Å². The highest BCUT2D eigenvalue weighted by Gasteiger charge is 2.50. The standard InChI is InChI=1S/C18H22O2/c1-12(2)11-14(17(19)20-5)16-15(18(16,3)4)13-9-7-6-8-10-13/h6-11,14H,1-5H3. The Kier molecular flexibility index (Phi) is 3.85. The number of hydrogen-bond donors (Lipinski definition) is 0. The lowest BCUT2D eigenvalue weighted by atomic mass is 9.93. The van der Waals surface area contributed by atoms with Crippen LogP contribution in [0.25, 0.3) is 5.57 Å². The number of rotatable bonds is 4. The van der Waals surface area contributed by atoms with Crippen LogP contribution in [0.1, 0.15) is 33.3 Å². The minimum Gasteiger partial charge on any atom is -0.468 e. The van der Waals surface area contributed by atoms with Crippen LogP contribution < -0.4 is 0 Å². The van der Waals surface area contributed by atoms with Gasteiger partial charge in [0.1, 0.15) is 0 Å². The third kappa shape index (κ3) is 2.55. The first-order chi connectivity index (χ1) is 9.39. The number of hydrogen-bond acceptors (Lipinski definition) is 2. The van der Waals surface area contributed by atoms with Gasteiger partial charge in [-0.1, -0.05) is 55.8 Å². The fourth-order valence-electron chi connectivity index (χ4n) is 2.89. The second kappa shape index (κ2) is 5.28. The molecule has 0 radical (unpaired) electrons. The van der Waals surface area contributed by atoms with Crippen LogP contribution >= 0.6 is 0 Å². The lowest BCUT2D eigenvalue weighted by molar-refractivity contribution is -0.142. The minimum atomic E-state index is -0.268. The number of ether oxygens (including phenoxy) is 1. The summed E-state index contributed by atoms with van der Waals surface area (Å²) in [5.41, 5.74) is 4.74. The van der Waals surface area contributed by atoms with Crippen LogP contribution in [0.2, 0.25) is 0 Å². The molecule has 0 spiro atoms. The van der Waals surface area contributed by atoms with Gasteiger partial charge in [0.15, 0.2) is 0 Å². The Bertz CT molecular complexity index is 573. The molecular weight excluding hydrogens is 248 g/mol. The zero-order valence-electron chi connectivity index (χ0n) is 12.9. The minimum absolute atomic E-state index is 0.0356. The molecule has 2 heteroatoms. The molecule has 0 saturated carbocycles. The monoisotopic (exact) mass is 270 g/mol. The van der Waals surface area contributed by atoms with Gasteiger partial charge in [-0.25, -0.2) is 0 Å². The maximum atomic E-state index is 12.1. The van der Waals surface area contributed by atoms with Gasteiger partial charge < -0.3 is 4.74 Å². The number of esters is 1. The average Bonchev–Trinajstić information content (AvgIpc) is 2.98. The predicted molar refractivity (Wildman–Crippen MR) is 82.1 cm³/mol. The van der Waals surface area contributed by atoms with Crippen molar-refractivity contribution in [3.8, 4) is 0 Å². The van der Waals surface area contributed by atoms with Crippen LogP contribution in [0.5, 0.6) is 0 Å². The van der Waals surface area contributed by atoms with Crippen molar-refractivity contribution in [2.24, 2.45) is 11.3 Å². The summed E-state index contributed by atoms with van der Waals surface area (Å²) in [6.07, 6.45) is 2.00. The molecule has 0 aromatic heterocycles. The Hall–Kier alpha value is -1.83. The first kappa shape index (κ1) is 14.6. The zero-order valence-corrected chi connectivity index (χ0v) is 12.9. The first-order valence-electron chi connectivity index (χ1n) is 6.93. The third-order valence-electron chi connectivity index (χ3n) is 3.83. The Morgan fingerprint density at radius 1 is 1.20 bits per heavy atom. The molecular formula is C18H22O2. The normalized spacial score (nSPS) is 17.4. The van der Waals surface area contributed by atoms with E-state index in [-0.39, 0.29) is 17.3 Å². The van der Waals surface area contributed by atoms with E-state index in [0.717, 1.165) is 5.57 Å². The van der Waals surface area contributed by atoms with E-state index in [4.69, 9.17) is 4.74 Å². The molecule has 0 N–H and O–H groups in total. The maximum absolute atomic E-state index is 12.1. The first-order valence-corrected chi connectivity index (χ1v) is 6.93. The molecule has 1 aliphatic carbocycles. The molecule has 1 unspecified atom stereocenters. The molecule has 2 nitrogen and oxygen atoms in total. The summed E-state index contributed by atoms with van der Waals surface area (Å²) in [5, 5.41) is 0. The summed E-state index contributed by atoms with van der Waals surface area (Å²) in [5.74, 6) is -0.449. The van der Waals surface area contributed by atoms with E-state index >= 15 is 0 Å². The summed E-state index contributed by atoms with van der Waals surface area (Å²) in [6.45, 7) is 8.35.